The lowest BCUT2D eigenvalue weighted by Crippen LogP contribution is -2.21. The van der Waals surface area contributed by atoms with Crippen molar-refractivity contribution in [2.24, 2.45) is 5.92 Å². The number of nitrogen functional groups attached to an aromatic ring is 1. The number of benzene rings is 1. The molecule has 0 spiro atoms. The highest BCUT2D eigenvalue weighted by molar-refractivity contribution is 9.10. The topological polar surface area (TPSA) is 72.5 Å². The normalized spacial score (nSPS) is 12.5. The van der Waals surface area contributed by atoms with Gasteiger partial charge >= 0.3 is 0 Å². The van der Waals surface area contributed by atoms with E-state index in [0.717, 1.165) is 0 Å². The van der Waals surface area contributed by atoms with Gasteiger partial charge in [-0.2, -0.15) is 0 Å². The van der Waals surface area contributed by atoms with Gasteiger partial charge in [0.1, 0.15) is 11.5 Å². The lowest BCUT2D eigenvalue weighted by molar-refractivity contribution is 0.0976. The standard InChI is InChI=1S/C12H16BrNO3/c1-6(2)11(13)12(16)10-8(14)4-7(17-3)5-9(10)15/h4-6,11,15H,14H2,1-3H3. The molecule has 0 heterocycles. The Labute approximate surface area is 109 Å². The molecule has 0 saturated heterocycles. The Morgan fingerprint density at radius 1 is 1.47 bits per heavy atom. The fourth-order valence-electron chi connectivity index (χ4n) is 1.45. The van der Waals surface area contributed by atoms with Crippen molar-refractivity contribution in [2.45, 2.75) is 18.7 Å². The van der Waals surface area contributed by atoms with Crippen LogP contribution in [0, 0.1) is 5.92 Å². The van der Waals surface area contributed by atoms with Crippen LogP contribution in [0.25, 0.3) is 0 Å². The maximum Gasteiger partial charge on any atom is 0.182 e. The summed E-state index contributed by atoms with van der Waals surface area (Å²) in [6.07, 6.45) is 0. The largest absolute Gasteiger partial charge is 0.507 e. The molecule has 0 saturated carbocycles. The van der Waals surface area contributed by atoms with Crippen LogP contribution in [-0.2, 0) is 0 Å². The predicted molar refractivity (Wildman–Crippen MR) is 71.0 cm³/mol. The Morgan fingerprint density at radius 2 is 2.06 bits per heavy atom. The summed E-state index contributed by atoms with van der Waals surface area (Å²) in [5.74, 6) is 0.158. The van der Waals surface area contributed by atoms with Gasteiger partial charge in [0.2, 0.25) is 0 Å². The summed E-state index contributed by atoms with van der Waals surface area (Å²) in [7, 11) is 1.47. The molecule has 0 aliphatic heterocycles. The first-order valence-electron chi connectivity index (χ1n) is 5.23. The van der Waals surface area contributed by atoms with Crippen LogP contribution in [0.2, 0.25) is 0 Å². The summed E-state index contributed by atoms with van der Waals surface area (Å²) in [4.78, 5) is 11.7. The Kier molecular flexibility index (Phi) is 4.40. The third-order valence-electron chi connectivity index (χ3n) is 2.44. The molecule has 1 atom stereocenters. The lowest BCUT2D eigenvalue weighted by Gasteiger charge is -2.15. The fraction of sp³-hybridized carbons (Fsp3) is 0.417. The molecule has 5 heteroatoms. The average molecular weight is 302 g/mol. The molecule has 0 aromatic heterocycles. The first-order valence-corrected chi connectivity index (χ1v) is 6.14. The minimum atomic E-state index is -0.371. The van der Waals surface area contributed by atoms with Crippen LogP contribution in [0.4, 0.5) is 5.69 Å². The van der Waals surface area contributed by atoms with Crippen molar-refractivity contribution in [3.63, 3.8) is 0 Å². The van der Waals surface area contributed by atoms with E-state index in [9.17, 15) is 9.90 Å². The maximum absolute atomic E-state index is 12.1. The molecule has 1 aromatic carbocycles. The lowest BCUT2D eigenvalue weighted by atomic mass is 9.99. The maximum atomic E-state index is 12.1. The Balaban J connectivity index is 3.19. The number of hydrogen-bond acceptors (Lipinski definition) is 4. The number of phenolic OH excluding ortho intramolecular Hbond substituents is 1. The zero-order valence-electron chi connectivity index (χ0n) is 10.0. The van der Waals surface area contributed by atoms with Gasteiger partial charge in [-0.1, -0.05) is 29.8 Å². The number of anilines is 1. The van der Waals surface area contributed by atoms with Crippen LogP contribution in [0.5, 0.6) is 11.5 Å². The molecule has 0 bridgehead atoms. The molecule has 1 aromatic rings. The molecular formula is C12H16BrNO3. The van der Waals surface area contributed by atoms with Gasteiger partial charge in [-0.15, -0.1) is 0 Å². The minimum absolute atomic E-state index is 0.114. The number of alkyl halides is 1. The minimum Gasteiger partial charge on any atom is -0.507 e. The van der Waals surface area contributed by atoms with E-state index in [1.165, 1.54) is 19.2 Å². The Morgan fingerprint density at radius 3 is 2.47 bits per heavy atom. The smallest absolute Gasteiger partial charge is 0.182 e. The number of ketones is 1. The van der Waals surface area contributed by atoms with Crippen LogP contribution in [0.15, 0.2) is 12.1 Å². The number of halogens is 1. The second-order valence-electron chi connectivity index (χ2n) is 4.12. The molecule has 17 heavy (non-hydrogen) atoms. The number of aromatic hydroxyl groups is 1. The molecule has 94 valence electrons. The van der Waals surface area contributed by atoms with Gasteiger partial charge in [-0.25, -0.2) is 0 Å². The van der Waals surface area contributed by atoms with E-state index >= 15 is 0 Å². The van der Waals surface area contributed by atoms with Gasteiger partial charge in [0.05, 0.1) is 17.5 Å². The van der Waals surface area contributed by atoms with Gasteiger partial charge in [-0.3, -0.25) is 4.79 Å². The van der Waals surface area contributed by atoms with Crippen molar-refractivity contribution >= 4 is 27.4 Å². The van der Waals surface area contributed by atoms with Crippen molar-refractivity contribution in [2.75, 3.05) is 12.8 Å². The van der Waals surface area contributed by atoms with Crippen LogP contribution in [0.1, 0.15) is 24.2 Å². The van der Waals surface area contributed by atoms with Crippen molar-refractivity contribution in [1.29, 1.82) is 0 Å². The van der Waals surface area contributed by atoms with E-state index in [-0.39, 0.29) is 33.5 Å². The highest BCUT2D eigenvalue weighted by Gasteiger charge is 2.25. The number of carbonyl (C=O) groups excluding carboxylic acids is 1. The van der Waals surface area contributed by atoms with Crippen molar-refractivity contribution in [1.82, 2.24) is 0 Å². The number of rotatable bonds is 4. The van der Waals surface area contributed by atoms with Gasteiger partial charge in [0.25, 0.3) is 0 Å². The van der Waals surface area contributed by atoms with E-state index in [2.05, 4.69) is 15.9 Å². The molecule has 1 rings (SSSR count). The predicted octanol–water partition coefficient (Wildman–Crippen LogP) is 2.59. The quantitative estimate of drug-likeness (QED) is 0.509. The van der Waals surface area contributed by atoms with Crippen molar-refractivity contribution in [3.8, 4) is 11.5 Å². The summed E-state index contributed by atoms with van der Waals surface area (Å²) < 4.78 is 4.96. The first kappa shape index (κ1) is 13.8. The molecule has 1 unspecified atom stereocenters. The summed E-state index contributed by atoms with van der Waals surface area (Å²) in [5, 5.41) is 9.80. The van der Waals surface area contributed by atoms with Crippen LogP contribution in [0.3, 0.4) is 0 Å². The van der Waals surface area contributed by atoms with E-state index < -0.39 is 0 Å². The van der Waals surface area contributed by atoms with E-state index in [1.807, 2.05) is 13.8 Å². The van der Waals surface area contributed by atoms with E-state index in [4.69, 9.17) is 10.5 Å². The second kappa shape index (κ2) is 5.40. The SMILES string of the molecule is COc1cc(N)c(C(=O)C(Br)C(C)C)c(O)c1. The molecule has 0 radical (unpaired) electrons. The number of ether oxygens (including phenoxy) is 1. The third-order valence-corrected chi connectivity index (χ3v) is 3.91. The van der Waals surface area contributed by atoms with Gasteiger partial charge in [-0.05, 0) is 5.92 Å². The number of phenols is 1. The molecular weight excluding hydrogens is 286 g/mol. The summed E-state index contributed by atoms with van der Waals surface area (Å²) in [6.45, 7) is 3.82. The average Bonchev–Trinajstić information content (AvgIpc) is 2.26. The van der Waals surface area contributed by atoms with Crippen LogP contribution < -0.4 is 10.5 Å². The third kappa shape index (κ3) is 2.91. The van der Waals surface area contributed by atoms with Gasteiger partial charge in [0.15, 0.2) is 5.78 Å². The highest BCUT2D eigenvalue weighted by Crippen LogP contribution is 2.32. The molecule has 0 amide bonds. The number of methoxy groups -OCH3 is 1. The van der Waals surface area contributed by atoms with Crippen molar-refractivity contribution < 1.29 is 14.6 Å². The van der Waals surface area contributed by atoms with E-state index in [1.54, 1.807) is 0 Å². The molecule has 0 aliphatic rings. The Hall–Kier alpha value is -1.23. The summed E-state index contributed by atoms with van der Waals surface area (Å²) in [6, 6.07) is 2.90. The highest BCUT2D eigenvalue weighted by atomic mass is 79.9. The first-order chi connectivity index (χ1) is 7.88. The number of nitrogens with two attached hydrogens (primary N) is 1. The van der Waals surface area contributed by atoms with Crippen LogP contribution >= 0.6 is 15.9 Å². The van der Waals surface area contributed by atoms with Gasteiger partial charge < -0.3 is 15.6 Å². The van der Waals surface area contributed by atoms with E-state index in [0.29, 0.717) is 5.75 Å². The summed E-state index contributed by atoms with van der Waals surface area (Å²) in [5.41, 5.74) is 6.11. The zero-order chi connectivity index (χ0) is 13.2. The zero-order valence-corrected chi connectivity index (χ0v) is 11.6. The summed E-state index contributed by atoms with van der Waals surface area (Å²) >= 11 is 3.30. The monoisotopic (exact) mass is 301 g/mol. The fourth-order valence-corrected chi connectivity index (χ4v) is 1.68. The molecule has 0 fully saturated rings. The molecule has 3 N–H and O–H groups in total. The van der Waals surface area contributed by atoms with Gasteiger partial charge in [0, 0.05) is 17.8 Å². The van der Waals surface area contributed by atoms with Crippen molar-refractivity contribution in [3.05, 3.63) is 17.7 Å². The molecule has 4 nitrogen and oxygen atoms in total. The second-order valence-corrected chi connectivity index (χ2v) is 5.11. The Bertz CT molecular complexity index is 409. The van der Waals surface area contributed by atoms with Crippen LogP contribution in [-0.4, -0.2) is 22.8 Å². The number of Topliss-reactive ketones (excluding diaryl/α,β-unsaturated/α-hetero) is 1. The number of carbonyl (C=O) groups is 1. The number of hydrogen-bond donors (Lipinski definition) is 2. The molecule has 0 aliphatic carbocycles.